The zero-order valence-corrected chi connectivity index (χ0v) is 12.1. The van der Waals surface area contributed by atoms with Crippen LogP contribution >= 0.6 is 0 Å². The molecule has 0 unspecified atom stereocenters. The average Bonchev–Trinajstić information content (AvgIpc) is 2.97. The van der Waals surface area contributed by atoms with Gasteiger partial charge in [-0.25, -0.2) is 4.98 Å². The number of unbranched alkanes of at least 4 members (excludes halogenated alkanes) is 1. The molecular weight excluding hydrogens is 250 g/mol. The number of carbonyl (C=O) groups excluding carboxylic acids is 1. The minimum absolute atomic E-state index is 0.0171. The summed E-state index contributed by atoms with van der Waals surface area (Å²) >= 11 is 0. The van der Waals surface area contributed by atoms with Gasteiger partial charge in [-0.3, -0.25) is 4.79 Å². The maximum Gasteiger partial charge on any atom is 0.253 e. The van der Waals surface area contributed by atoms with Crippen LogP contribution < -0.4 is 0 Å². The maximum atomic E-state index is 12.3. The van der Waals surface area contributed by atoms with E-state index in [4.69, 9.17) is 0 Å². The van der Waals surface area contributed by atoms with Gasteiger partial charge in [-0.2, -0.15) is 0 Å². The van der Waals surface area contributed by atoms with Gasteiger partial charge >= 0.3 is 0 Å². The highest BCUT2D eigenvalue weighted by atomic mass is 16.2. The van der Waals surface area contributed by atoms with Gasteiger partial charge in [-0.05, 0) is 30.5 Å². The summed E-state index contributed by atoms with van der Waals surface area (Å²) < 4.78 is 0. The van der Waals surface area contributed by atoms with E-state index < -0.39 is 0 Å². The average molecular weight is 271 g/mol. The van der Waals surface area contributed by atoms with Crippen LogP contribution in [0, 0.1) is 0 Å². The lowest BCUT2D eigenvalue weighted by atomic mass is 10.1. The molecule has 1 heterocycles. The number of aromatic amines is 1. The molecule has 2 rings (SSSR count). The van der Waals surface area contributed by atoms with E-state index in [0.717, 1.165) is 17.8 Å². The topological polar surface area (TPSA) is 49.0 Å². The summed E-state index contributed by atoms with van der Waals surface area (Å²) in [7, 11) is 1.79. The van der Waals surface area contributed by atoms with Gasteiger partial charge in [0.2, 0.25) is 0 Å². The van der Waals surface area contributed by atoms with Crippen molar-refractivity contribution in [1.29, 1.82) is 0 Å². The molecule has 0 saturated carbocycles. The highest BCUT2D eigenvalue weighted by molar-refractivity contribution is 5.94. The molecule has 1 aromatic carbocycles. The van der Waals surface area contributed by atoms with Crippen molar-refractivity contribution in [1.82, 2.24) is 14.9 Å². The normalized spacial score (nSPS) is 10.5. The third-order valence-electron chi connectivity index (χ3n) is 3.31. The Balaban J connectivity index is 1.97. The first-order valence-electron chi connectivity index (χ1n) is 7.03. The largest absolute Gasteiger partial charge is 0.347 e. The number of nitrogens with zero attached hydrogens (tertiary/aromatic N) is 2. The SMILES string of the molecule is CCCCc1ccc(C(=O)N(C)Cc2ncc[nH]2)cc1. The molecule has 20 heavy (non-hydrogen) atoms. The smallest absolute Gasteiger partial charge is 0.253 e. The summed E-state index contributed by atoms with van der Waals surface area (Å²) in [6.07, 6.45) is 6.90. The molecule has 106 valence electrons. The van der Waals surface area contributed by atoms with Gasteiger partial charge in [0.25, 0.3) is 5.91 Å². The van der Waals surface area contributed by atoms with Gasteiger partial charge in [0, 0.05) is 25.0 Å². The van der Waals surface area contributed by atoms with Crippen LogP contribution in [0.15, 0.2) is 36.7 Å². The van der Waals surface area contributed by atoms with Crippen LogP contribution in [0.4, 0.5) is 0 Å². The fraction of sp³-hybridized carbons (Fsp3) is 0.375. The lowest BCUT2D eigenvalue weighted by Crippen LogP contribution is -2.26. The first-order valence-corrected chi connectivity index (χ1v) is 7.03. The van der Waals surface area contributed by atoms with Crippen molar-refractivity contribution in [2.24, 2.45) is 0 Å². The number of hydrogen-bond acceptors (Lipinski definition) is 2. The standard InChI is InChI=1S/C16H21N3O/c1-3-4-5-13-6-8-14(9-7-13)16(20)19(2)12-15-17-10-11-18-15/h6-11H,3-5,12H2,1-2H3,(H,17,18). The molecule has 1 N–H and O–H groups in total. The molecule has 4 heteroatoms. The molecule has 0 aliphatic carbocycles. The quantitative estimate of drug-likeness (QED) is 0.878. The van der Waals surface area contributed by atoms with Crippen LogP contribution in [-0.2, 0) is 13.0 Å². The highest BCUT2D eigenvalue weighted by Gasteiger charge is 2.12. The molecule has 1 amide bonds. The van der Waals surface area contributed by atoms with E-state index >= 15 is 0 Å². The summed E-state index contributed by atoms with van der Waals surface area (Å²) in [4.78, 5) is 21.1. The molecule has 0 radical (unpaired) electrons. The minimum Gasteiger partial charge on any atom is -0.347 e. The second-order valence-corrected chi connectivity index (χ2v) is 5.00. The number of carbonyl (C=O) groups is 1. The van der Waals surface area contributed by atoms with E-state index in [-0.39, 0.29) is 5.91 Å². The van der Waals surface area contributed by atoms with Crippen LogP contribution in [0.2, 0.25) is 0 Å². The number of amides is 1. The van der Waals surface area contributed by atoms with Crippen molar-refractivity contribution in [2.75, 3.05) is 7.05 Å². The lowest BCUT2D eigenvalue weighted by molar-refractivity contribution is 0.0782. The van der Waals surface area contributed by atoms with E-state index in [1.165, 1.54) is 18.4 Å². The molecule has 0 atom stereocenters. The van der Waals surface area contributed by atoms with Gasteiger partial charge in [-0.1, -0.05) is 25.5 Å². The highest BCUT2D eigenvalue weighted by Crippen LogP contribution is 2.10. The molecular formula is C16H21N3O. The molecule has 4 nitrogen and oxygen atoms in total. The number of benzene rings is 1. The molecule has 1 aromatic heterocycles. The molecule has 0 fully saturated rings. The third kappa shape index (κ3) is 3.70. The van der Waals surface area contributed by atoms with Crippen LogP contribution in [0.25, 0.3) is 0 Å². The summed E-state index contributed by atoms with van der Waals surface area (Å²) in [5, 5.41) is 0. The van der Waals surface area contributed by atoms with E-state index in [0.29, 0.717) is 6.54 Å². The van der Waals surface area contributed by atoms with Crippen molar-refractivity contribution in [3.05, 3.63) is 53.6 Å². The fourth-order valence-electron chi connectivity index (χ4n) is 2.10. The first kappa shape index (κ1) is 14.3. The predicted molar refractivity (Wildman–Crippen MR) is 79.4 cm³/mol. The number of rotatable bonds is 6. The fourth-order valence-corrected chi connectivity index (χ4v) is 2.10. The van der Waals surface area contributed by atoms with Gasteiger partial charge < -0.3 is 9.88 Å². The number of aryl methyl sites for hydroxylation is 1. The first-order chi connectivity index (χ1) is 9.70. The Hall–Kier alpha value is -2.10. The zero-order chi connectivity index (χ0) is 14.4. The van der Waals surface area contributed by atoms with Crippen molar-refractivity contribution < 1.29 is 4.79 Å². The van der Waals surface area contributed by atoms with Gasteiger partial charge in [0.15, 0.2) is 0 Å². The Bertz CT molecular complexity index is 531. The molecule has 2 aromatic rings. The van der Waals surface area contributed by atoms with Gasteiger partial charge in [-0.15, -0.1) is 0 Å². The van der Waals surface area contributed by atoms with Crippen molar-refractivity contribution >= 4 is 5.91 Å². The monoisotopic (exact) mass is 271 g/mol. The Kier molecular flexibility index (Phi) is 4.93. The number of hydrogen-bond donors (Lipinski definition) is 1. The molecule has 0 aliphatic rings. The van der Waals surface area contributed by atoms with Crippen molar-refractivity contribution in [3.8, 4) is 0 Å². The van der Waals surface area contributed by atoms with Crippen molar-refractivity contribution in [2.45, 2.75) is 32.7 Å². The van der Waals surface area contributed by atoms with E-state index in [9.17, 15) is 4.79 Å². The zero-order valence-electron chi connectivity index (χ0n) is 12.1. The summed E-state index contributed by atoms with van der Waals surface area (Å²) in [5.74, 6) is 0.809. The van der Waals surface area contributed by atoms with Crippen LogP contribution in [0.5, 0.6) is 0 Å². The van der Waals surface area contributed by atoms with Crippen LogP contribution in [0.1, 0.15) is 41.5 Å². The molecule has 0 aliphatic heterocycles. The van der Waals surface area contributed by atoms with E-state index in [1.54, 1.807) is 24.3 Å². The maximum absolute atomic E-state index is 12.3. The predicted octanol–water partition coefficient (Wildman–Crippen LogP) is 3.02. The Labute approximate surface area is 119 Å². The second-order valence-electron chi connectivity index (χ2n) is 5.00. The molecule has 0 bridgehead atoms. The summed E-state index contributed by atoms with van der Waals surface area (Å²) in [6, 6.07) is 7.91. The van der Waals surface area contributed by atoms with Gasteiger partial charge in [0.1, 0.15) is 5.82 Å². The number of imidazole rings is 1. The lowest BCUT2D eigenvalue weighted by Gasteiger charge is -2.16. The van der Waals surface area contributed by atoms with Crippen LogP contribution in [0.3, 0.4) is 0 Å². The number of nitrogens with one attached hydrogen (secondary N) is 1. The number of aromatic nitrogens is 2. The Morgan fingerprint density at radius 2 is 2.05 bits per heavy atom. The Morgan fingerprint density at radius 1 is 1.30 bits per heavy atom. The minimum atomic E-state index is 0.0171. The Morgan fingerprint density at radius 3 is 2.65 bits per heavy atom. The summed E-state index contributed by atoms with van der Waals surface area (Å²) in [6.45, 7) is 2.67. The number of H-pyrrole nitrogens is 1. The van der Waals surface area contributed by atoms with E-state index in [2.05, 4.69) is 16.9 Å². The van der Waals surface area contributed by atoms with Crippen LogP contribution in [-0.4, -0.2) is 27.8 Å². The van der Waals surface area contributed by atoms with Gasteiger partial charge in [0.05, 0.1) is 6.54 Å². The van der Waals surface area contributed by atoms with Crippen molar-refractivity contribution in [3.63, 3.8) is 0 Å². The third-order valence-corrected chi connectivity index (χ3v) is 3.31. The van der Waals surface area contributed by atoms with E-state index in [1.807, 2.05) is 24.3 Å². The molecule has 0 saturated heterocycles. The second kappa shape index (κ2) is 6.89. The summed E-state index contributed by atoms with van der Waals surface area (Å²) in [5.41, 5.74) is 2.01. The molecule has 0 spiro atoms.